The molecule has 0 aliphatic heterocycles. The number of hydrogen-bond acceptors (Lipinski definition) is 1. The Morgan fingerprint density at radius 3 is 2.24 bits per heavy atom. The lowest BCUT2D eigenvalue weighted by Gasteiger charge is -2.02. The summed E-state index contributed by atoms with van der Waals surface area (Å²) < 4.78 is 0. The summed E-state index contributed by atoms with van der Waals surface area (Å²) in [6.45, 7) is 1.67. The Bertz CT molecular complexity index is 329. The van der Waals surface area contributed by atoms with E-state index < -0.39 is 0 Å². The molecule has 0 spiro atoms. The molecular formula is C15H21ClO. The highest BCUT2D eigenvalue weighted by Gasteiger charge is 1.96. The van der Waals surface area contributed by atoms with Gasteiger partial charge >= 0.3 is 0 Å². The maximum Gasteiger partial charge on any atom is 0.129 e. The third-order valence-corrected chi connectivity index (χ3v) is 3.16. The molecule has 0 atom stereocenters. The number of ketones is 1. The van der Waals surface area contributed by atoms with Gasteiger partial charge in [0.2, 0.25) is 0 Å². The summed E-state index contributed by atoms with van der Waals surface area (Å²) in [7, 11) is 0. The molecule has 0 unspecified atom stereocenters. The molecule has 0 saturated heterocycles. The Balaban J connectivity index is 2.01. The van der Waals surface area contributed by atoms with Crippen LogP contribution >= 0.6 is 11.6 Å². The largest absolute Gasteiger partial charge is 0.300 e. The van der Waals surface area contributed by atoms with Crippen molar-refractivity contribution in [3.05, 3.63) is 34.9 Å². The second-order valence-corrected chi connectivity index (χ2v) is 5.03. The van der Waals surface area contributed by atoms with Gasteiger partial charge in [-0.05, 0) is 43.9 Å². The Hall–Kier alpha value is -0.820. The number of carbonyl (C=O) groups excluding carboxylic acids is 1. The standard InChI is InChI=1S/C15H21ClO/c1-13(17)7-5-3-2-4-6-8-14-9-11-15(16)12-10-14/h9-12H,2-8H2,1H3. The zero-order chi connectivity index (χ0) is 12.5. The predicted octanol–water partition coefficient (Wildman–Crippen LogP) is 4.81. The Labute approximate surface area is 109 Å². The van der Waals surface area contributed by atoms with Gasteiger partial charge in [0.15, 0.2) is 0 Å². The van der Waals surface area contributed by atoms with Crippen LogP contribution in [0.5, 0.6) is 0 Å². The number of carbonyl (C=O) groups is 1. The van der Waals surface area contributed by atoms with Crippen molar-refractivity contribution in [1.29, 1.82) is 0 Å². The van der Waals surface area contributed by atoms with Gasteiger partial charge in [-0.15, -0.1) is 0 Å². The number of rotatable bonds is 8. The third-order valence-electron chi connectivity index (χ3n) is 2.91. The van der Waals surface area contributed by atoms with E-state index in [0.29, 0.717) is 5.78 Å². The first-order valence-electron chi connectivity index (χ1n) is 6.42. The molecule has 0 fully saturated rings. The SMILES string of the molecule is CC(=O)CCCCCCCc1ccc(Cl)cc1. The second kappa shape index (κ2) is 8.30. The quantitative estimate of drug-likeness (QED) is 0.607. The minimum atomic E-state index is 0.311. The molecule has 0 aliphatic carbocycles. The molecular weight excluding hydrogens is 232 g/mol. The van der Waals surface area contributed by atoms with E-state index in [0.717, 1.165) is 24.3 Å². The van der Waals surface area contributed by atoms with E-state index in [1.165, 1.54) is 31.2 Å². The summed E-state index contributed by atoms with van der Waals surface area (Å²) >= 11 is 5.83. The van der Waals surface area contributed by atoms with Crippen LogP contribution in [0.4, 0.5) is 0 Å². The highest BCUT2D eigenvalue weighted by atomic mass is 35.5. The molecule has 94 valence electrons. The average molecular weight is 253 g/mol. The molecule has 17 heavy (non-hydrogen) atoms. The van der Waals surface area contributed by atoms with E-state index in [1.54, 1.807) is 6.92 Å². The number of aryl methyl sites for hydroxylation is 1. The molecule has 2 heteroatoms. The monoisotopic (exact) mass is 252 g/mol. The lowest BCUT2D eigenvalue weighted by Crippen LogP contribution is -1.90. The summed E-state index contributed by atoms with van der Waals surface area (Å²) in [6, 6.07) is 8.09. The minimum absolute atomic E-state index is 0.311. The van der Waals surface area contributed by atoms with Crippen LogP contribution in [0.15, 0.2) is 24.3 Å². The third kappa shape index (κ3) is 7.17. The summed E-state index contributed by atoms with van der Waals surface area (Å²) in [5, 5.41) is 0.804. The molecule has 0 radical (unpaired) electrons. The number of hydrogen-bond donors (Lipinski definition) is 0. The van der Waals surface area contributed by atoms with E-state index >= 15 is 0 Å². The molecule has 0 N–H and O–H groups in total. The first-order chi connectivity index (χ1) is 8.18. The van der Waals surface area contributed by atoms with Crippen LogP contribution < -0.4 is 0 Å². The van der Waals surface area contributed by atoms with Gasteiger partial charge in [0.05, 0.1) is 0 Å². The highest BCUT2D eigenvalue weighted by Crippen LogP contribution is 2.13. The lowest BCUT2D eigenvalue weighted by molar-refractivity contribution is -0.117. The molecule has 0 heterocycles. The topological polar surface area (TPSA) is 17.1 Å². The van der Waals surface area contributed by atoms with Gasteiger partial charge in [-0.3, -0.25) is 0 Å². The van der Waals surface area contributed by atoms with Crippen molar-refractivity contribution in [3.63, 3.8) is 0 Å². The Kier molecular flexibility index (Phi) is 6.95. The smallest absolute Gasteiger partial charge is 0.129 e. The minimum Gasteiger partial charge on any atom is -0.300 e. The normalized spacial score (nSPS) is 10.5. The highest BCUT2D eigenvalue weighted by molar-refractivity contribution is 6.30. The van der Waals surface area contributed by atoms with Crippen LogP contribution in [0.25, 0.3) is 0 Å². The number of benzene rings is 1. The van der Waals surface area contributed by atoms with E-state index in [1.807, 2.05) is 12.1 Å². The van der Waals surface area contributed by atoms with Gasteiger partial charge < -0.3 is 4.79 Å². The Morgan fingerprint density at radius 2 is 1.59 bits per heavy atom. The van der Waals surface area contributed by atoms with Crippen LogP contribution in [-0.4, -0.2) is 5.78 Å². The molecule has 0 aromatic heterocycles. The van der Waals surface area contributed by atoms with Crippen LogP contribution in [0, 0.1) is 0 Å². The fourth-order valence-electron chi connectivity index (χ4n) is 1.88. The van der Waals surface area contributed by atoms with Crippen LogP contribution in [0.3, 0.4) is 0 Å². The maximum atomic E-state index is 10.7. The predicted molar refractivity (Wildman–Crippen MR) is 73.5 cm³/mol. The van der Waals surface area contributed by atoms with E-state index in [4.69, 9.17) is 11.6 Å². The summed E-state index contributed by atoms with van der Waals surface area (Å²) in [6.07, 6.45) is 7.82. The van der Waals surface area contributed by atoms with Gasteiger partial charge in [0, 0.05) is 11.4 Å². The fraction of sp³-hybridized carbons (Fsp3) is 0.533. The number of halogens is 1. The van der Waals surface area contributed by atoms with Crippen molar-refractivity contribution in [2.75, 3.05) is 0 Å². The van der Waals surface area contributed by atoms with Crippen molar-refractivity contribution >= 4 is 17.4 Å². The molecule has 1 aromatic rings. The zero-order valence-electron chi connectivity index (χ0n) is 10.5. The summed E-state index contributed by atoms with van der Waals surface area (Å²) in [4.78, 5) is 10.7. The van der Waals surface area contributed by atoms with Crippen molar-refractivity contribution in [1.82, 2.24) is 0 Å². The fourth-order valence-corrected chi connectivity index (χ4v) is 2.01. The van der Waals surface area contributed by atoms with Crippen LogP contribution in [0.1, 0.15) is 51.0 Å². The Morgan fingerprint density at radius 1 is 1.00 bits per heavy atom. The molecule has 0 amide bonds. The first-order valence-corrected chi connectivity index (χ1v) is 6.80. The molecule has 1 nitrogen and oxygen atoms in total. The van der Waals surface area contributed by atoms with Crippen molar-refractivity contribution in [3.8, 4) is 0 Å². The first kappa shape index (κ1) is 14.2. The molecule has 1 rings (SSSR count). The van der Waals surface area contributed by atoms with Gasteiger partial charge in [-0.2, -0.15) is 0 Å². The maximum absolute atomic E-state index is 10.7. The van der Waals surface area contributed by atoms with Gasteiger partial charge in [0.25, 0.3) is 0 Å². The van der Waals surface area contributed by atoms with Crippen molar-refractivity contribution in [2.24, 2.45) is 0 Å². The average Bonchev–Trinajstić information content (AvgIpc) is 2.30. The van der Waals surface area contributed by atoms with E-state index in [9.17, 15) is 4.79 Å². The van der Waals surface area contributed by atoms with E-state index in [2.05, 4.69) is 12.1 Å². The van der Waals surface area contributed by atoms with Gasteiger partial charge in [-0.25, -0.2) is 0 Å². The van der Waals surface area contributed by atoms with Crippen molar-refractivity contribution in [2.45, 2.75) is 51.9 Å². The van der Waals surface area contributed by atoms with E-state index in [-0.39, 0.29) is 0 Å². The summed E-state index contributed by atoms with van der Waals surface area (Å²) in [5.74, 6) is 0.311. The van der Waals surface area contributed by atoms with Gasteiger partial charge in [0.1, 0.15) is 5.78 Å². The second-order valence-electron chi connectivity index (χ2n) is 4.60. The van der Waals surface area contributed by atoms with Crippen LogP contribution in [-0.2, 0) is 11.2 Å². The molecule has 1 aromatic carbocycles. The van der Waals surface area contributed by atoms with Crippen LogP contribution in [0.2, 0.25) is 5.02 Å². The zero-order valence-corrected chi connectivity index (χ0v) is 11.3. The lowest BCUT2D eigenvalue weighted by atomic mass is 10.0. The van der Waals surface area contributed by atoms with Gasteiger partial charge in [-0.1, -0.05) is 43.0 Å². The molecule has 0 saturated carbocycles. The van der Waals surface area contributed by atoms with Crippen molar-refractivity contribution < 1.29 is 4.79 Å². The number of unbranched alkanes of at least 4 members (excludes halogenated alkanes) is 4. The molecule has 0 aliphatic rings. The summed E-state index contributed by atoms with van der Waals surface area (Å²) in [5.41, 5.74) is 1.36. The number of Topliss-reactive ketones (excluding diaryl/α,β-unsaturated/α-hetero) is 1. The molecule has 0 bridgehead atoms.